The summed E-state index contributed by atoms with van der Waals surface area (Å²) >= 11 is 0. The summed E-state index contributed by atoms with van der Waals surface area (Å²) in [7, 11) is 0. The Bertz CT molecular complexity index is 397. The summed E-state index contributed by atoms with van der Waals surface area (Å²) in [6.45, 7) is 0. The molecule has 2 aliphatic carbocycles. The molecule has 2 fully saturated rings. The van der Waals surface area contributed by atoms with Gasteiger partial charge in [-0.3, -0.25) is 4.79 Å². The summed E-state index contributed by atoms with van der Waals surface area (Å²) in [6, 6.07) is 0. The lowest BCUT2D eigenvalue weighted by atomic mass is 9.88. The van der Waals surface area contributed by atoms with E-state index >= 15 is 0 Å². The molecular formula is C13H18N2O2. The van der Waals surface area contributed by atoms with Gasteiger partial charge in [0.15, 0.2) is 5.82 Å². The highest BCUT2D eigenvalue weighted by Gasteiger charge is 2.27. The van der Waals surface area contributed by atoms with Crippen LogP contribution >= 0.6 is 0 Å². The Hall–Kier alpha value is -1.19. The van der Waals surface area contributed by atoms with Crippen molar-refractivity contribution in [1.29, 1.82) is 0 Å². The van der Waals surface area contributed by atoms with Crippen molar-refractivity contribution < 1.29 is 9.32 Å². The normalized spacial score (nSPS) is 23.4. The van der Waals surface area contributed by atoms with Gasteiger partial charge >= 0.3 is 0 Å². The third-order valence-electron chi connectivity index (χ3n) is 4.07. The number of rotatable bonds is 2. The van der Waals surface area contributed by atoms with Gasteiger partial charge in [-0.25, -0.2) is 0 Å². The van der Waals surface area contributed by atoms with Gasteiger partial charge in [0.1, 0.15) is 5.78 Å². The fourth-order valence-corrected chi connectivity index (χ4v) is 2.95. The lowest BCUT2D eigenvalue weighted by Gasteiger charge is -2.16. The molecule has 1 heterocycles. The van der Waals surface area contributed by atoms with E-state index in [2.05, 4.69) is 10.1 Å². The number of carbonyl (C=O) groups excluding carboxylic acids is 1. The van der Waals surface area contributed by atoms with Gasteiger partial charge in [-0.15, -0.1) is 0 Å². The van der Waals surface area contributed by atoms with E-state index in [1.165, 1.54) is 25.7 Å². The van der Waals surface area contributed by atoms with E-state index in [9.17, 15) is 4.79 Å². The predicted octanol–water partition coefficient (Wildman–Crippen LogP) is 2.95. The van der Waals surface area contributed by atoms with E-state index in [-0.39, 0.29) is 0 Å². The molecule has 1 aromatic rings. The highest BCUT2D eigenvalue weighted by atomic mass is 16.5. The summed E-state index contributed by atoms with van der Waals surface area (Å²) in [5, 5.41) is 4.12. The fourth-order valence-electron chi connectivity index (χ4n) is 2.95. The maximum atomic E-state index is 11.2. The standard InChI is InChI=1S/C13H18N2O2/c16-11-7-5-10(6-8-11)13-14-12(15-17-13)9-3-1-2-4-9/h9-10H,1-8H2. The van der Waals surface area contributed by atoms with Crippen molar-refractivity contribution in [3.8, 4) is 0 Å². The topological polar surface area (TPSA) is 56.0 Å². The maximum absolute atomic E-state index is 11.2. The van der Waals surface area contributed by atoms with Crippen molar-refractivity contribution in [3.05, 3.63) is 11.7 Å². The number of hydrogen-bond acceptors (Lipinski definition) is 4. The molecule has 1 aromatic heterocycles. The lowest BCUT2D eigenvalue weighted by Crippen LogP contribution is -2.12. The molecule has 0 saturated heterocycles. The largest absolute Gasteiger partial charge is 0.339 e. The number of Topliss-reactive ketones (excluding diaryl/α,β-unsaturated/α-hetero) is 1. The van der Waals surface area contributed by atoms with Gasteiger partial charge in [-0.2, -0.15) is 4.98 Å². The van der Waals surface area contributed by atoms with E-state index < -0.39 is 0 Å². The van der Waals surface area contributed by atoms with Gasteiger partial charge in [0, 0.05) is 24.7 Å². The monoisotopic (exact) mass is 234 g/mol. The number of ketones is 1. The van der Waals surface area contributed by atoms with Crippen LogP contribution in [0.25, 0.3) is 0 Å². The molecular weight excluding hydrogens is 216 g/mol. The Morgan fingerprint density at radius 1 is 1.00 bits per heavy atom. The molecule has 2 aliphatic rings. The second-order valence-electron chi connectivity index (χ2n) is 5.29. The van der Waals surface area contributed by atoms with E-state index in [1.807, 2.05) is 0 Å². The number of aromatic nitrogens is 2. The van der Waals surface area contributed by atoms with Crippen LogP contribution in [0.2, 0.25) is 0 Å². The minimum Gasteiger partial charge on any atom is -0.339 e. The van der Waals surface area contributed by atoms with Crippen LogP contribution in [-0.4, -0.2) is 15.9 Å². The molecule has 4 heteroatoms. The van der Waals surface area contributed by atoms with Crippen LogP contribution in [0.1, 0.15) is 74.9 Å². The van der Waals surface area contributed by atoms with Crippen molar-refractivity contribution in [2.24, 2.45) is 0 Å². The first-order valence-corrected chi connectivity index (χ1v) is 6.68. The summed E-state index contributed by atoms with van der Waals surface area (Å²) in [4.78, 5) is 15.7. The Labute approximate surface area is 101 Å². The molecule has 3 rings (SSSR count). The second kappa shape index (κ2) is 4.59. The quantitative estimate of drug-likeness (QED) is 0.789. The molecule has 4 nitrogen and oxygen atoms in total. The molecule has 2 saturated carbocycles. The van der Waals surface area contributed by atoms with Crippen LogP contribution in [0.15, 0.2) is 4.52 Å². The number of carbonyl (C=O) groups is 1. The summed E-state index contributed by atoms with van der Waals surface area (Å²) in [6.07, 6.45) is 8.07. The molecule has 0 spiro atoms. The van der Waals surface area contributed by atoms with E-state index in [4.69, 9.17) is 4.52 Å². The first-order valence-electron chi connectivity index (χ1n) is 6.68. The summed E-state index contributed by atoms with van der Waals surface area (Å²) < 4.78 is 5.38. The fraction of sp³-hybridized carbons (Fsp3) is 0.769. The zero-order chi connectivity index (χ0) is 11.7. The van der Waals surface area contributed by atoms with Crippen molar-refractivity contribution in [1.82, 2.24) is 10.1 Å². The zero-order valence-corrected chi connectivity index (χ0v) is 10.0. The molecule has 0 N–H and O–H groups in total. The summed E-state index contributed by atoms with van der Waals surface area (Å²) in [5.74, 6) is 2.86. The third-order valence-corrected chi connectivity index (χ3v) is 4.07. The molecule has 0 unspecified atom stereocenters. The Morgan fingerprint density at radius 3 is 2.41 bits per heavy atom. The third kappa shape index (κ3) is 2.26. The second-order valence-corrected chi connectivity index (χ2v) is 5.29. The van der Waals surface area contributed by atoms with Crippen molar-refractivity contribution in [3.63, 3.8) is 0 Å². The van der Waals surface area contributed by atoms with Crippen LogP contribution < -0.4 is 0 Å². The van der Waals surface area contributed by atoms with Crippen molar-refractivity contribution in [2.75, 3.05) is 0 Å². The van der Waals surface area contributed by atoms with E-state index in [0.29, 0.717) is 30.5 Å². The average Bonchev–Trinajstić information content (AvgIpc) is 3.00. The van der Waals surface area contributed by atoms with E-state index in [0.717, 1.165) is 24.6 Å². The molecule has 0 amide bonds. The van der Waals surface area contributed by atoms with Crippen molar-refractivity contribution in [2.45, 2.75) is 63.2 Å². The molecule has 0 aliphatic heterocycles. The van der Waals surface area contributed by atoms with Crippen LogP contribution in [-0.2, 0) is 4.79 Å². The van der Waals surface area contributed by atoms with Gasteiger partial charge in [0.25, 0.3) is 0 Å². The van der Waals surface area contributed by atoms with Crippen LogP contribution in [0.4, 0.5) is 0 Å². The van der Waals surface area contributed by atoms with Gasteiger partial charge in [-0.05, 0) is 25.7 Å². The first-order chi connectivity index (χ1) is 8.33. The molecule has 0 radical (unpaired) electrons. The molecule has 92 valence electrons. The summed E-state index contributed by atoms with van der Waals surface area (Å²) in [5.41, 5.74) is 0. The number of hydrogen-bond donors (Lipinski definition) is 0. The molecule has 17 heavy (non-hydrogen) atoms. The zero-order valence-electron chi connectivity index (χ0n) is 10.0. The highest BCUT2D eigenvalue weighted by molar-refractivity contribution is 5.79. The van der Waals surface area contributed by atoms with Gasteiger partial charge in [0.05, 0.1) is 0 Å². The van der Waals surface area contributed by atoms with Gasteiger partial charge in [0.2, 0.25) is 5.89 Å². The van der Waals surface area contributed by atoms with Crippen molar-refractivity contribution >= 4 is 5.78 Å². The Kier molecular flexibility index (Phi) is 2.95. The van der Waals surface area contributed by atoms with Crippen LogP contribution in [0.5, 0.6) is 0 Å². The Balaban J connectivity index is 1.69. The molecule has 0 bridgehead atoms. The van der Waals surface area contributed by atoms with Gasteiger partial charge in [-0.1, -0.05) is 18.0 Å². The minimum atomic E-state index is 0.315. The van der Waals surface area contributed by atoms with E-state index in [1.54, 1.807) is 0 Å². The first kappa shape index (κ1) is 10.9. The molecule has 0 atom stereocenters. The number of nitrogens with zero attached hydrogens (tertiary/aromatic N) is 2. The predicted molar refractivity (Wildman–Crippen MR) is 61.7 cm³/mol. The SMILES string of the molecule is O=C1CCC(c2nc(C3CCCC3)no2)CC1. The maximum Gasteiger partial charge on any atom is 0.229 e. The lowest BCUT2D eigenvalue weighted by molar-refractivity contribution is -0.120. The Morgan fingerprint density at radius 2 is 1.71 bits per heavy atom. The van der Waals surface area contributed by atoms with Crippen LogP contribution in [0.3, 0.4) is 0 Å². The molecule has 0 aromatic carbocycles. The average molecular weight is 234 g/mol. The van der Waals surface area contributed by atoms with Gasteiger partial charge < -0.3 is 4.52 Å². The smallest absolute Gasteiger partial charge is 0.229 e. The minimum absolute atomic E-state index is 0.315. The van der Waals surface area contributed by atoms with Crippen LogP contribution in [0, 0.1) is 0 Å². The highest BCUT2D eigenvalue weighted by Crippen LogP contribution is 2.35.